The third-order valence-electron chi connectivity index (χ3n) is 4.00. The molecular weight excluding hydrogens is 294 g/mol. The van der Waals surface area contributed by atoms with Gasteiger partial charge in [-0.1, -0.05) is 6.07 Å². The van der Waals surface area contributed by atoms with Gasteiger partial charge in [0, 0.05) is 38.6 Å². The lowest BCUT2D eigenvalue weighted by Crippen LogP contribution is -2.40. The summed E-state index contributed by atoms with van der Waals surface area (Å²) < 4.78 is 1.80. The molecule has 1 atom stereocenters. The summed E-state index contributed by atoms with van der Waals surface area (Å²) in [4.78, 5) is 30.0. The van der Waals surface area contributed by atoms with Gasteiger partial charge in [-0.25, -0.2) is 0 Å². The van der Waals surface area contributed by atoms with Gasteiger partial charge in [0.05, 0.1) is 24.7 Å². The average Bonchev–Trinajstić information content (AvgIpc) is 2.90. The quantitative estimate of drug-likeness (QED) is 0.898. The molecule has 2 aromatic rings. The van der Waals surface area contributed by atoms with Crippen molar-refractivity contribution in [2.75, 3.05) is 6.54 Å². The molecule has 23 heavy (non-hydrogen) atoms. The van der Waals surface area contributed by atoms with Crippen LogP contribution in [-0.4, -0.2) is 38.0 Å². The van der Waals surface area contributed by atoms with E-state index in [1.807, 2.05) is 18.2 Å². The van der Waals surface area contributed by atoms with E-state index in [4.69, 9.17) is 0 Å². The molecule has 0 aliphatic carbocycles. The number of hydrogen-bond acceptors (Lipinski definition) is 4. The smallest absolute Gasteiger partial charge is 0.227 e. The van der Waals surface area contributed by atoms with Crippen molar-refractivity contribution in [3.63, 3.8) is 0 Å². The minimum atomic E-state index is -0.322. The number of hydrogen-bond donors (Lipinski definition) is 1. The molecule has 0 saturated heterocycles. The lowest BCUT2D eigenvalue weighted by molar-refractivity contribution is -0.132. The van der Waals surface area contributed by atoms with Crippen LogP contribution in [0, 0.1) is 5.92 Å². The van der Waals surface area contributed by atoms with Gasteiger partial charge in [-0.05, 0) is 17.7 Å². The molecule has 0 fully saturated rings. The van der Waals surface area contributed by atoms with Crippen LogP contribution in [0.3, 0.4) is 0 Å². The van der Waals surface area contributed by atoms with Gasteiger partial charge in [0.25, 0.3) is 0 Å². The second-order valence-electron chi connectivity index (χ2n) is 5.68. The molecule has 0 radical (unpaired) electrons. The maximum absolute atomic E-state index is 12.5. The normalized spacial score (nSPS) is 17.3. The Bertz CT molecular complexity index is 698. The summed E-state index contributed by atoms with van der Waals surface area (Å²) in [7, 11) is 0. The van der Waals surface area contributed by atoms with Crippen molar-refractivity contribution in [3.05, 3.63) is 48.0 Å². The van der Waals surface area contributed by atoms with Crippen LogP contribution >= 0.6 is 0 Å². The van der Waals surface area contributed by atoms with Crippen LogP contribution in [0.5, 0.6) is 0 Å². The summed E-state index contributed by atoms with van der Waals surface area (Å²) >= 11 is 0. The number of carbonyl (C=O) groups is 2. The average molecular weight is 313 g/mol. The summed E-state index contributed by atoms with van der Waals surface area (Å²) in [6.45, 7) is 3.32. The van der Waals surface area contributed by atoms with E-state index in [0.717, 1.165) is 11.3 Å². The number of nitrogens with one attached hydrogen (secondary N) is 1. The van der Waals surface area contributed by atoms with Gasteiger partial charge in [-0.15, -0.1) is 0 Å². The summed E-state index contributed by atoms with van der Waals surface area (Å²) in [5, 5.41) is 7.17. The molecule has 0 unspecified atom stereocenters. The first-order chi connectivity index (χ1) is 11.1. The monoisotopic (exact) mass is 313 g/mol. The third-order valence-corrected chi connectivity index (χ3v) is 4.00. The Labute approximate surface area is 134 Å². The number of amides is 2. The van der Waals surface area contributed by atoms with Gasteiger partial charge in [0.2, 0.25) is 11.8 Å². The summed E-state index contributed by atoms with van der Waals surface area (Å²) in [6.07, 6.45) is 5.12. The molecular formula is C16H19N5O2. The predicted octanol–water partition coefficient (Wildman–Crippen LogP) is 0.573. The highest BCUT2D eigenvalue weighted by molar-refractivity contribution is 5.80. The SMILES string of the molecule is CC(=O)N1Cc2ccnn2C[C@@H](C(=O)NCc2cccnc2)C1. The molecule has 0 spiro atoms. The summed E-state index contributed by atoms with van der Waals surface area (Å²) in [5.41, 5.74) is 1.89. The summed E-state index contributed by atoms with van der Waals surface area (Å²) in [6, 6.07) is 5.63. The van der Waals surface area contributed by atoms with Crippen molar-refractivity contribution in [1.82, 2.24) is 25.0 Å². The highest BCUT2D eigenvalue weighted by atomic mass is 16.2. The van der Waals surface area contributed by atoms with Crippen molar-refractivity contribution in [3.8, 4) is 0 Å². The molecule has 0 saturated carbocycles. The van der Waals surface area contributed by atoms with E-state index in [1.54, 1.807) is 28.2 Å². The van der Waals surface area contributed by atoms with Gasteiger partial charge < -0.3 is 10.2 Å². The molecule has 7 nitrogen and oxygen atoms in total. The molecule has 120 valence electrons. The standard InChI is InChI=1S/C16H19N5O2/c1-12(22)20-9-14(10-21-15(11-20)4-6-19-21)16(23)18-8-13-3-2-5-17-7-13/h2-7,14H,8-11H2,1H3,(H,18,23)/t14-/m0/s1. The topological polar surface area (TPSA) is 80.1 Å². The highest BCUT2D eigenvalue weighted by Gasteiger charge is 2.28. The van der Waals surface area contributed by atoms with Crippen LogP contribution in [-0.2, 0) is 29.2 Å². The van der Waals surface area contributed by atoms with Crippen molar-refractivity contribution < 1.29 is 9.59 Å². The van der Waals surface area contributed by atoms with Gasteiger partial charge >= 0.3 is 0 Å². The molecule has 1 aliphatic rings. The Morgan fingerprint density at radius 3 is 2.91 bits per heavy atom. The third kappa shape index (κ3) is 3.56. The molecule has 3 heterocycles. The van der Waals surface area contributed by atoms with E-state index >= 15 is 0 Å². The van der Waals surface area contributed by atoms with Gasteiger partial charge in [0.1, 0.15) is 0 Å². The number of fused-ring (bicyclic) bond motifs is 1. The zero-order valence-electron chi connectivity index (χ0n) is 13.0. The van der Waals surface area contributed by atoms with Crippen LogP contribution in [0.2, 0.25) is 0 Å². The first-order valence-corrected chi connectivity index (χ1v) is 7.56. The van der Waals surface area contributed by atoms with Crippen LogP contribution in [0.25, 0.3) is 0 Å². The van der Waals surface area contributed by atoms with Crippen LogP contribution in [0.15, 0.2) is 36.8 Å². The molecule has 1 N–H and O–H groups in total. The molecule has 0 bridgehead atoms. The largest absolute Gasteiger partial charge is 0.352 e. The Hall–Kier alpha value is -2.70. The number of pyridine rings is 1. The van der Waals surface area contributed by atoms with E-state index in [0.29, 0.717) is 26.2 Å². The fourth-order valence-corrected chi connectivity index (χ4v) is 2.69. The second-order valence-corrected chi connectivity index (χ2v) is 5.68. The Kier molecular flexibility index (Phi) is 4.36. The zero-order valence-corrected chi connectivity index (χ0v) is 13.0. The predicted molar refractivity (Wildman–Crippen MR) is 82.9 cm³/mol. The maximum Gasteiger partial charge on any atom is 0.227 e. The molecule has 7 heteroatoms. The van der Waals surface area contributed by atoms with E-state index in [9.17, 15) is 9.59 Å². The molecule has 3 rings (SSSR count). The summed E-state index contributed by atoms with van der Waals surface area (Å²) in [5.74, 6) is -0.440. The molecule has 2 amide bonds. The van der Waals surface area contributed by atoms with Crippen molar-refractivity contribution >= 4 is 11.8 Å². The Morgan fingerprint density at radius 1 is 1.30 bits per heavy atom. The minimum Gasteiger partial charge on any atom is -0.352 e. The fraction of sp³-hybridized carbons (Fsp3) is 0.375. The van der Waals surface area contributed by atoms with Crippen LogP contribution in [0.4, 0.5) is 0 Å². The minimum absolute atomic E-state index is 0.0373. The maximum atomic E-state index is 12.5. The number of aromatic nitrogens is 3. The molecule has 2 aromatic heterocycles. The van der Waals surface area contributed by atoms with Crippen molar-refractivity contribution in [2.45, 2.75) is 26.6 Å². The molecule has 0 aromatic carbocycles. The zero-order chi connectivity index (χ0) is 16.2. The first kappa shape index (κ1) is 15.2. The Morgan fingerprint density at radius 2 is 2.17 bits per heavy atom. The van der Waals surface area contributed by atoms with E-state index in [-0.39, 0.29) is 17.7 Å². The van der Waals surface area contributed by atoms with Gasteiger partial charge in [0.15, 0.2) is 0 Å². The highest BCUT2D eigenvalue weighted by Crippen LogP contribution is 2.16. The number of carbonyl (C=O) groups excluding carboxylic acids is 2. The van der Waals surface area contributed by atoms with E-state index in [2.05, 4.69) is 15.4 Å². The molecule has 1 aliphatic heterocycles. The van der Waals surface area contributed by atoms with Crippen LogP contribution < -0.4 is 5.32 Å². The van der Waals surface area contributed by atoms with Crippen molar-refractivity contribution in [1.29, 1.82) is 0 Å². The lowest BCUT2D eigenvalue weighted by atomic mass is 10.1. The van der Waals surface area contributed by atoms with E-state index < -0.39 is 0 Å². The number of rotatable bonds is 3. The van der Waals surface area contributed by atoms with Gasteiger partial charge in [-0.3, -0.25) is 19.3 Å². The number of nitrogens with zero attached hydrogens (tertiary/aromatic N) is 4. The lowest BCUT2D eigenvalue weighted by Gasteiger charge is -2.22. The van der Waals surface area contributed by atoms with Gasteiger partial charge in [-0.2, -0.15) is 5.10 Å². The van der Waals surface area contributed by atoms with E-state index in [1.165, 1.54) is 6.92 Å². The van der Waals surface area contributed by atoms with Crippen LogP contribution in [0.1, 0.15) is 18.2 Å². The van der Waals surface area contributed by atoms with Crippen molar-refractivity contribution in [2.24, 2.45) is 5.92 Å². The fourth-order valence-electron chi connectivity index (χ4n) is 2.69. The second kappa shape index (κ2) is 6.60. The Balaban J connectivity index is 1.70. The first-order valence-electron chi connectivity index (χ1n) is 7.56.